The van der Waals surface area contributed by atoms with Gasteiger partial charge in [0.1, 0.15) is 0 Å². The third kappa shape index (κ3) is 3.75. The van der Waals surface area contributed by atoms with Crippen molar-refractivity contribution in [3.05, 3.63) is 46.0 Å². The first-order valence-corrected chi connectivity index (χ1v) is 17.7. The van der Waals surface area contributed by atoms with Crippen LogP contribution in [-0.2, 0) is 12.8 Å². The molecule has 1 aliphatic rings. The molecule has 146 valence electrons. The van der Waals surface area contributed by atoms with Crippen LogP contribution in [0.15, 0.2) is 18.2 Å². The zero-order valence-electron chi connectivity index (χ0n) is 19.1. The summed E-state index contributed by atoms with van der Waals surface area (Å²) in [6, 6.07) is 7.69. The monoisotopic (exact) mass is 394 g/mol. The molecule has 2 aromatic carbocycles. The van der Waals surface area contributed by atoms with Gasteiger partial charge in [-0.2, -0.15) is 0 Å². The number of benzene rings is 2. The first kappa shape index (κ1) is 20.6. The molecule has 0 radical (unpaired) electrons. The van der Waals surface area contributed by atoms with Crippen molar-refractivity contribution in [3.63, 3.8) is 0 Å². The summed E-state index contributed by atoms with van der Waals surface area (Å²) in [5, 5.41) is 3.31. The maximum Gasteiger partial charge on any atom is 0.0779 e. The van der Waals surface area contributed by atoms with Crippen LogP contribution in [0.5, 0.6) is 0 Å². The van der Waals surface area contributed by atoms with E-state index in [2.05, 4.69) is 78.3 Å². The summed E-state index contributed by atoms with van der Waals surface area (Å²) in [5.74, 6) is 0. The number of aryl methyl sites for hydroxylation is 1. The minimum Gasteiger partial charge on any atom is -0.0656 e. The normalized spacial score (nSPS) is 13.7. The van der Waals surface area contributed by atoms with Gasteiger partial charge >= 0.3 is 0 Å². The Morgan fingerprint density at radius 1 is 0.815 bits per heavy atom. The largest absolute Gasteiger partial charge is 0.0779 e. The van der Waals surface area contributed by atoms with E-state index < -0.39 is 16.1 Å². The third-order valence-electron chi connectivity index (χ3n) is 6.34. The Balaban J connectivity index is 2.27. The Morgan fingerprint density at radius 3 is 1.96 bits per heavy atom. The lowest BCUT2D eigenvalue weighted by Crippen LogP contribution is -2.40. The molecule has 0 aliphatic heterocycles. The average molecular weight is 395 g/mol. The number of hydrogen-bond donors (Lipinski definition) is 0. The van der Waals surface area contributed by atoms with Gasteiger partial charge in [-0.15, -0.1) is 0 Å². The van der Waals surface area contributed by atoms with Gasteiger partial charge in [-0.3, -0.25) is 0 Å². The highest BCUT2D eigenvalue weighted by Gasteiger charge is 2.30. The highest BCUT2D eigenvalue weighted by atomic mass is 28.3. The van der Waals surface area contributed by atoms with Gasteiger partial charge in [0.15, 0.2) is 0 Å². The molecule has 0 heterocycles. The van der Waals surface area contributed by atoms with Crippen LogP contribution in [0.25, 0.3) is 11.1 Å². The third-order valence-corrected chi connectivity index (χ3v) is 10.6. The highest BCUT2D eigenvalue weighted by molar-refractivity contribution is 6.89. The predicted octanol–water partition coefficient (Wildman–Crippen LogP) is 6.31. The van der Waals surface area contributed by atoms with E-state index in [0.717, 1.165) is 6.42 Å². The summed E-state index contributed by atoms with van der Waals surface area (Å²) in [7, 11) is -2.69. The lowest BCUT2D eigenvalue weighted by atomic mass is 9.93. The van der Waals surface area contributed by atoms with Crippen molar-refractivity contribution in [2.24, 2.45) is 0 Å². The highest BCUT2D eigenvalue weighted by Crippen LogP contribution is 2.40. The van der Waals surface area contributed by atoms with Gasteiger partial charge in [0.25, 0.3) is 0 Å². The van der Waals surface area contributed by atoms with Gasteiger partial charge in [-0.25, -0.2) is 0 Å². The van der Waals surface area contributed by atoms with Crippen molar-refractivity contribution < 1.29 is 0 Å². The maximum atomic E-state index is 2.60. The van der Waals surface area contributed by atoms with Gasteiger partial charge < -0.3 is 0 Å². The Labute approximate surface area is 169 Å². The van der Waals surface area contributed by atoms with Crippen LogP contribution in [-0.4, -0.2) is 16.1 Å². The number of hydrogen-bond acceptors (Lipinski definition) is 0. The summed E-state index contributed by atoms with van der Waals surface area (Å²) >= 11 is 0. The first-order chi connectivity index (χ1) is 12.4. The standard InChI is InChI=1S/C25H38Si2/c1-10-11-12-20-18(3)25(27(7,8)9)16-23-21-15-24(26(4,5)6)17(2)13-19(21)14-22(20)23/h13,15-16H,10-12,14H2,1-9H3. The number of unbranched alkanes of at least 4 members (excludes halogenated alkanes) is 1. The second-order valence-electron chi connectivity index (χ2n) is 10.7. The molecular formula is C25H38Si2. The van der Waals surface area contributed by atoms with Crippen LogP contribution in [0.3, 0.4) is 0 Å². The van der Waals surface area contributed by atoms with Gasteiger partial charge in [-0.05, 0) is 66.5 Å². The number of fused-ring (bicyclic) bond motifs is 3. The van der Waals surface area contributed by atoms with Crippen molar-refractivity contribution in [2.75, 3.05) is 0 Å². The summed E-state index contributed by atoms with van der Waals surface area (Å²) in [5.41, 5.74) is 11.1. The molecule has 1 aliphatic carbocycles. The number of rotatable bonds is 5. The first-order valence-electron chi connectivity index (χ1n) is 10.7. The Kier molecular flexibility index (Phi) is 5.37. The Hall–Kier alpha value is -1.13. The molecule has 0 atom stereocenters. The van der Waals surface area contributed by atoms with Gasteiger partial charge in [-0.1, -0.05) is 86.8 Å². The van der Waals surface area contributed by atoms with Gasteiger partial charge in [0.05, 0.1) is 16.1 Å². The Bertz CT molecular complexity index is 877. The van der Waals surface area contributed by atoms with E-state index in [1.54, 1.807) is 43.8 Å². The lowest BCUT2D eigenvalue weighted by molar-refractivity contribution is 0.786. The zero-order chi connectivity index (χ0) is 20.1. The van der Waals surface area contributed by atoms with Crippen LogP contribution < -0.4 is 10.4 Å². The van der Waals surface area contributed by atoms with Crippen LogP contribution >= 0.6 is 0 Å². The molecule has 0 N–H and O–H groups in total. The minimum atomic E-state index is -1.37. The summed E-state index contributed by atoms with van der Waals surface area (Å²) < 4.78 is 0. The Morgan fingerprint density at radius 2 is 1.41 bits per heavy atom. The van der Waals surface area contributed by atoms with E-state index in [9.17, 15) is 0 Å². The molecule has 27 heavy (non-hydrogen) atoms. The molecule has 0 nitrogen and oxygen atoms in total. The smallest absolute Gasteiger partial charge is 0.0656 e. The molecule has 0 saturated carbocycles. The zero-order valence-corrected chi connectivity index (χ0v) is 21.1. The summed E-state index contributed by atoms with van der Waals surface area (Å²) in [4.78, 5) is 0. The van der Waals surface area contributed by atoms with Gasteiger partial charge in [0, 0.05) is 0 Å². The molecule has 2 heteroatoms. The summed E-state index contributed by atoms with van der Waals surface area (Å²) in [6.07, 6.45) is 4.97. The van der Waals surface area contributed by atoms with Crippen molar-refractivity contribution >= 4 is 26.5 Å². The van der Waals surface area contributed by atoms with E-state index in [1.165, 1.54) is 24.8 Å². The molecule has 0 spiro atoms. The van der Waals surface area contributed by atoms with E-state index in [0.29, 0.717) is 0 Å². The molecular weight excluding hydrogens is 356 g/mol. The molecule has 3 rings (SSSR count). The molecule has 0 unspecified atom stereocenters. The van der Waals surface area contributed by atoms with E-state index in [-0.39, 0.29) is 0 Å². The fourth-order valence-electron chi connectivity index (χ4n) is 4.97. The average Bonchev–Trinajstić information content (AvgIpc) is 2.87. The van der Waals surface area contributed by atoms with Crippen LogP contribution in [0.1, 0.15) is 47.6 Å². The molecule has 2 aromatic rings. The van der Waals surface area contributed by atoms with E-state index in [1.807, 2.05) is 0 Å². The molecule has 0 amide bonds. The molecule has 0 bridgehead atoms. The quantitative estimate of drug-likeness (QED) is 0.445. The molecule has 0 saturated heterocycles. The predicted molar refractivity (Wildman–Crippen MR) is 129 cm³/mol. The molecule has 0 aromatic heterocycles. The van der Waals surface area contributed by atoms with Crippen molar-refractivity contribution in [1.29, 1.82) is 0 Å². The SMILES string of the molecule is CCCCc1c(C)c([Si](C)(C)C)cc2c1Cc1cc(C)c([Si](C)(C)C)cc1-2. The van der Waals surface area contributed by atoms with Crippen LogP contribution in [0, 0.1) is 13.8 Å². The molecule has 0 fully saturated rings. The minimum absolute atomic E-state index is 1.14. The topological polar surface area (TPSA) is 0 Å². The van der Waals surface area contributed by atoms with Crippen molar-refractivity contribution in [2.45, 2.75) is 85.7 Å². The van der Waals surface area contributed by atoms with Gasteiger partial charge in [0.2, 0.25) is 0 Å². The van der Waals surface area contributed by atoms with Crippen LogP contribution in [0.4, 0.5) is 0 Å². The van der Waals surface area contributed by atoms with Crippen molar-refractivity contribution in [3.8, 4) is 11.1 Å². The summed E-state index contributed by atoms with van der Waals surface area (Å²) in [6.45, 7) is 22.0. The second kappa shape index (κ2) is 7.04. The van der Waals surface area contributed by atoms with E-state index >= 15 is 0 Å². The lowest BCUT2D eigenvalue weighted by Gasteiger charge is -2.25. The fraction of sp³-hybridized carbons (Fsp3) is 0.520. The van der Waals surface area contributed by atoms with E-state index in [4.69, 9.17) is 0 Å². The second-order valence-corrected chi connectivity index (χ2v) is 20.7. The van der Waals surface area contributed by atoms with Crippen molar-refractivity contribution in [1.82, 2.24) is 0 Å². The maximum absolute atomic E-state index is 2.60. The fourth-order valence-corrected chi connectivity index (χ4v) is 8.65. The van der Waals surface area contributed by atoms with Crippen LogP contribution in [0.2, 0.25) is 39.3 Å².